The Morgan fingerprint density at radius 1 is 1.14 bits per heavy atom. The lowest BCUT2D eigenvalue weighted by Crippen LogP contribution is -2.21. The maximum atomic E-state index is 8.46. The van der Waals surface area contributed by atoms with E-state index in [1.54, 1.807) is 0 Å². The van der Waals surface area contributed by atoms with Crippen molar-refractivity contribution >= 4 is 33.6 Å². The average Bonchev–Trinajstić information content (AvgIpc) is 3.51. The predicted molar refractivity (Wildman–Crippen MR) is 119 cm³/mol. The van der Waals surface area contributed by atoms with Gasteiger partial charge in [0, 0.05) is 11.2 Å². The van der Waals surface area contributed by atoms with Crippen molar-refractivity contribution in [2.45, 2.75) is 25.4 Å². The normalized spacial score (nSPS) is 16.9. The van der Waals surface area contributed by atoms with Crippen molar-refractivity contribution < 1.29 is 6.11 Å². The van der Waals surface area contributed by atoms with E-state index in [1.807, 2.05) is 41.4 Å². The molecule has 0 amide bonds. The summed E-state index contributed by atoms with van der Waals surface area (Å²) < 4.78 is 14.3. The number of allylic oxidation sites excluding steroid dienone is 2. The Balaban J connectivity index is 1.31. The van der Waals surface area contributed by atoms with Gasteiger partial charge in [0.2, 0.25) is 5.13 Å². The minimum absolute atomic E-state index is 0.415. The van der Waals surface area contributed by atoms with E-state index in [1.165, 1.54) is 35.3 Å². The van der Waals surface area contributed by atoms with Crippen LogP contribution >= 0.6 is 22.9 Å². The summed E-state index contributed by atoms with van der Waals surface area (Å²) in [6.07, 6.45) is 6.21. The average molecular weight is 423 g/mol. The van der Waals surface area contributed by atoms with Gasteiger partial charge in [0.15, 0.2) is 0 Å². The third kappa shape index (κ3) is 4.21. The fourth-order valence-electron chi connectivity index (χ4n) is 3.42. The molecule has 29 heavy (non-hydrogen) atoms. The Labute approximate surface area is 180 Å². The Hall–Kier alpha value is -2.63. The molecule has 2 heterocycles. The number of anilines is 1. The van der Waals surface area contributed by atoms with Crippen LogP contribution in [0.3, 0.4) is 0 Å². The lowest BCUT2D eigenvalue weighted by molar-refractivity contribution is 0.302. The van der Waals surface area contributed by atoms with Gasteiger partial charge >= 0.3 is 0 Å². The van der Waals surface area contributed by atoms with E-state index >= 15 is 0 Å². The SMILES string of the molecule is [2H]C1=C(c2ccccc2C2CC2)CN(c2nnc(OCc3ccc(Cl)cc3)s2)C=C1. The van der Waals surface area contributed by atoms with Gasteiger partial charge in [-0.15, -0.1) is 5.10 Å². The van der Waals surface area contributed by atoms with E-state index < -0.39 is 0 Å². The molecule has 1 fully saturated rings. The van der Waals surface area contributed by atoms with Gasteiger partial charge in [-0.1, -0.05) is 59.1 Å². The van der Waals surface area contributed by atoms with Crippen molar-refractivity contribution in [3.8, 4) is 5.19 Å². The molecule has 0 N–H and O–H groups in total. The molecule has 0 spiro atoms. The minimum Gasteiger partial charge on any atom is -0.464 e. The highest BCUT2D eigenvalue weighted by Crippen LogP contribution is 2.43. The predicted octanol–water partition coefficient (Wildman–Crippen LogP) is 6.07. The van der Waals surface area contributed by atoms with Crippen LogP contribution in [0.5, 0.6) is 5.19 Å². The van der Waals surface area contributed by atoms with Crippen LogP contribution in [0.4, 0.5) is 5.13 Å². The molecule has 5 rings (SSSR count). The summed E-state index contributed by atoms with van der Waals surface area (Å²) in [6.45, 7) is 1.02. The molecule has 3 aromatic rings. The highest BCUT2D eigenvalue weighted by Gasteiger charge is 2.27. The van der Waals surface area contributed by atoms with E-state index in [0.717, 1.165) is 16.3 Å². The van der Waals surface area contributed by atoms with Crippen LogP contribution in [0.1, 0.15) is 36.8 Å². The third-order valence-electron chi connectivity index (χ3n) is 5.06. The van der Waals surface area contributed by atoms with Crippen LogP contribution in [-0.2, 0) is 6.61 Å². The monoisotopic (exact) mass is 422 g/mol. The molecular weight excluding hydrogens is 402 g/mol. The van der Waals surface area contributed by atoms with Crippen LogP contribution in [0, 0.1) is 0 Å². The van der Waals surface area contributed by atoms with E-state index in [0.29, 0.717) is 35.3 Å². The van der Waals surface area contributed by atoms with Gasteiger partial charge in [-0.25, -0.2) is 0 Å². The van der Waals surface area contributed by atoms with Crippen LogP contribution in [-0.4, -0.2) is 16.7 Å². The molecule has 2 aliphatic rings. The lowest BCUT2D eigenvalue weighted by Gasteiger charge is -2.23. The topological polar surface area (TPSA) is 38.2 Å². The van der Waals surface area contributed by atoms with Crippen molar-refractivity contribution in [1.29, 1.82) is 0 Å². The van der Waals surface area contributed by atoms with E-state index in [2.05, 4.69) is 34.5 Å². The number of aromatic nitrogens is 2. The number of halogens is 1. The fourth-order valence-corrected chi connectivity index (χ4v) is 4.22. The van der Waals surface area contributed by atoms with Gasteiger partial charge in [-0.2, -0.15) is 0 Å². The smallest absolute Gasteiger partial charge is 0.296 e. The first-order valence-electron chi connectivity index (χ1n) is 10.1. The summed E-state index contributed by atoms with van der Waals surface area (Å²) in [4.78, 5) is 2.03. The lowest BCUT2D eigenvalue weighted by atomic mass is 9.95. The summed E-state index contributed by atoms with van der Waals surface area (Å²) in [5.41, 5.74) is 4.59. The number of benzene rings is 2. The Kier molecular flexibility index (Phi) is 4.76. The molecule has 1 aliphatic carbocycles. The molecule has 0 bridgehead atoms. The maximum Gasteiger partial charge on any atom is 0.296 e. The van der Waals surface area contributed by atoms with Crippen LogP contribution in [0.2, 0.25) is 5.02 Å². The highest BCUT2D eigenvalue weighted by molar-refractivity contribution is 7.17. The molecule has 2 aromatic carbocycles. The van der Waals surface area contributed by atoms with E-state index in [4.69, 9.17) is 17.7 Å². The second kappa shape index (κ2) is 8.01. The quantitative estimate of drug-likeness (QED) is 0.483. The van der Waals surface area contributed by atoms with E-state index in [9.17, 15) is 0 Å². The maximum absolute atomic E-state index is 8.46. The molecule has 1 aromatic heterocycles. The molecule has 1 aliphatic heterocycles. The first-order chi connectivity index (χ1) is 14.7. The van der Waals surface area contributed by atoms with Crippen molar-refractivity contribution in [1.82, 2.24) is 10.2 Å². The van der Waals surface area contributed by atoms with Gasteiger partial charge in [-0.3, -0.25) is 0 Å². The number of hydrogen-bond donors (Lipinski definition) is 0. The molecule has 6 heteroatoms. The van der Waals surface area contributed by atoms with Crippen molar-refractivity contribution in [3.63, 3.8) is 0 Å². The summed E-state index contributed by atoms with van der Waals surface area (Å²) in [5.74, 6) is 0.634. The number of rotatable bonds is 6. The molecule has 4 nitrogen and oxygen atoms in total. The van der Waals surface area contributed by atoms with Crippen LogP contribution in [0.15, 0.2) is 66.9 Å². The summed E-state index contributed by atoms with van der Waals surface area (Å²) in [6, 6.07) is 16.6. The van der Waals surface area contributed by atoms with Gasteiger partial charge in [0.1, 0.15) is 6.61 Å². The number of nitrogens with zero attached hydrogens (tertiary/aromatic N) is 3. The zero-order valence-electron chi connectivity index (χ0n) is 16.7. The Morgan fingerprint density at radius 2 is 1.97 bits per heavy atom. The Morgan fingerprint density at radius 3 is 2.79 bits per heavy atom. The summed E-state index contributed by atoms with van der Waals surface area (Å²) in [5, 5.41) is 10.5. The molecule has 0 atom stereocenters. The van der Waals surface area contributed by atoms with Gasteiger partial charge in [0.25, 0.3) is 5.19 Å². The van der Waals surface area contributed by atoms with E-state index in [-0.39, 0.29) is 0 Å². The van der Waals surface area contributed by atoms with Gasteiger partial charge < -0.3 is 9.64 Å². The standard InChI is InChI=1S/C23H20ClN3OS/c24-19-11-7-16(8-12-19)15-28-23-26-25-22(29-23)27-13-3-4-18(14-27)21-6-2-1-5-20(21)17-9-10-17/h1-8,11-13,17H,9-10,14-15H2/i4D. The second-order valence-corrected chi connectivity index (χ2v) is 8.55. The van der Waals surface area contributed by atoms with Crippen LogP contribution < -0.4 is 9.64 Å². The largest absolute Gasteiger partial charge is 0.464 e. The zero-order valence-corrected chi connectivity index (χ0v) is 17.3. The third-order valence-corrected chi connectivity index (χ3v) is 6.19. The Bertz CT molecular complexity index is 1120. The highest BCUT2D eigenvalue weighted by atomic mass is 35.5. The first-order valence-corrected chi connectivity index (χ1v) is 10.8. The molecule has 0 saturated heterocycles. The first kappa shape index (κ1) is 17.2. The minimum atomic E-state index is 0.415. The van der Waals surface area contributed by atoms with Gasteiger partial charge in [-0.05, 0) is 70.6 Å². The summed E-state index contributed by atoms with van der Waals surface area (Å²) in [7, 11) is 0. The molecule has 0 radical (unpaired) electrons. The van der Waals surface area contributed by atoms with Crippen LogP contribution in [0.25, 0.3) is 5.57 Å². The molecule has 146 valence electrons. The van der Waals surface area contributed by atoms with Gasteiger partial charge in [0.05, 0.1) is 7.92 Å². The van der Waals surface area contributed by atoms with Crippen molar-refractivity contribution in [2.24, 2.45) is 0 Å². The summed E-state index contributed by atoms with van der Waals surface area (Å²) >= 11 is 7.33. The van der Waals surface area contributed by atoms with Crippen molar-refractivity contribution in [2.75, 3.05) is 11.4 Å². The number of hydrogen-bond acceptors (Lipinski definition) is 5. The number of ether oxygens (including phenoxy) is 1. The van der Waals surface area contributed by atoms with Crippen molar-refractivity contribution in [3.05, 3.63) is 88.6 Å². The second-order valence-electron chi connectivity index (χ2n) is 7.19. The molecule has 1 saturated carbocycles. The fraction of sp³-hybridized carbons (Fsp3) is 0.217. The zero-order chi connectivity index (χ0) is 20.5. The molecular formula is C23H20ClN3OS. The molecule has 0 unspecified atom stereocenters.